The zero-order valence-corrected chi connectivity index (χ0v) is 7.28. The Bertz CT molecular complexity index is 398. The first-order valence-electron chi connectivity index (χ1n) is 3.01. The standard InChI is InChI=1S/C6H4ClN3S/c1-3-10-6-4(11-3)5(7)8-2-9-6/h2H,1H3. The highest BCUT2D eigenvalue weighted by molar-refractivity contribution is 7.19. The Morgan fingerprint density at radius 3 is 3.00 bits per heavy atom. The lowest BCUT2D eigenvalue weighted by molar-refractivity contribution is 1.19. The van der Waals surface area contributed by atoms with Crippen molar-refractivity contribution in [2.75, 3.05) is 0 Å². The van der Waals surface area contributed by atoms with E-state index < -0.39 is 0 Å². The van der Waals surface area contributed by atoms with Crippen LogP contribution in [0.4, 0.5) is 0 Å². The van der Waals surface area contributed by atoms with Gasteiger partial charge in [0.25, 0.3) is 0 Å². The summed E-state index contributed by atoms with van der Waals surface area (Å²) in [6, 6.07) is 0. The second-order valence-electron chi connectivity index (χ2n) is 2.05. The highest BCUT2D eigenvalue weighted by Gasteiger charge is 2.04. The molecule has 0 atom stereocenters. The predicted octanol–water partition coefficient (Wildman–Crippen LogP) is 2.05. The summed E-state index contributed by atoms with van der Waals surface area (Å²) in [5, 5.41) is 1.45. The largest absolute Gasteiger partial charge is 0.223 e. The molecule has 0 spiro atoms. The summed E-state index contributed by atoms with van der Waals surface area (Å²) in [4.78, 5) is 12.0. The van der Waals surface area contributed by atoms with E-state index in [-0.39, 0.29) is 0 Å². The van der Waals surface area contributed by atoms with Crippen molar-refractivity contribution in [2.24, 2.45) is 0 Å². The van der Waals surface area contributed by atoms with Crippen LogP contribution < -0.4 is 0 Å². The molecule has 0 N–H and O–H groups in total. The first-order chi connectivity index (χ1) is 5.27. The maximum atomic E-state index is 5.79. The molecule has 0 aliphatic carbocycles. The van der Waals surface area contributed by atoms with Crippen LogP contribution in [-0.2, 0) is 0 Å². The van der Waals surface area contributed by atoms with Crippen molar-refractivity contribution in [2.45, 2.75) is 6.92 Å². The van der Waals surface area contributed by atoms with E-state index in [4.69, 9.17) is 11.6 Å². The van der Waals surface area contributed by atoms with Gasteiger partial charge in [-0.1, -0.05) is 11.6 Å². The van der Waals surface area contributed by atoms with Gasteiger partial charge in [-0.3, -0.25) is 0 Å². The third-order valence-corrected chi connectivity index (χ3v) is 2.62. The first kappa shape index (κ1) is 6.94. The van der Waals surface area contributed by atoms with Crippen LogP contribution in [-0.4, -0.2) is 15.0 Å². The van der Waals surface area contributed by atoms with Crippen LogP contribution in [0, 0.1) is 6.92 Å². The zero-order valence-electron chi connectivity index (χ0n) is 5.71. The van der Waals surface area contributed by atoms with E-state index >= 15 is 0 Å². The highest BCUT2D eigenvalue weighted by atomic mass is 35.5. The van der Waals surface area contributed by atoms with Crippen molar-refractivity contribution >= 4 is 33.3 Å². The van der Waals surface area contributed by atoms with Gasteiger partial charge in [-0.2, -0.15) is 0 Å². The number of rotatable bonds is 0. The Hall–Kier alpha value is -0.740. The van der Waals surface area contributed by atoms with Crippen molar-refractivity contribution in [3.05, 3.63) is 16.5 Å². The van der Waals surface area contributed by atoms with Crippen LogP contribution in [0.1, 0.15) is 5.01 Å². The molecule has 0 amide bonds. The second kappa shape index (κ2) is 2.39. The molecule has 0 fully saturated rings. The van der Waals surface area contributed by atoms with Gasteiger partial charge < -0.3 is 0 Å². The fourth-order valence-corrected chi connectivity index (χ4v) is 1.83. The van der Waals surface area contributed by atoms with Crippen LogP contribution in [0.2, 0.25) is 5.15 Å². The minimum Gasteiger partial charge on any atom is -0.223 e. The minimum atomic E-state index is 0.487. The Kier molecular flexibility index (Phi) is 1.51. The maximum Gasteiger partial charge on any atom is 0.175 e. The molecule has 3 nitrogen and oxygen atoms in total. The molecule has 56 valence electrons. The molecule has 0 radical (unpaired) electrons. The number of fused-ring (bicyclic) bond motifs is 1. The van der Waals surface area contributed by atoms with Crippen LogP contribution >= 0.6 is 22.9 Å². The van der Waals surface area contributed by atoms with Crippen molar-refractivity contribution in [1.29, 1.82) is 0 Å². The lowest BCUT2D eigenvalue weighted by Crippen LogP contribution is -1.79. The fourth-order valence-electron chi connectivity index (χ4n) is 0.831. The Morgan fingerprint density at radius 2 is 2.27 bits per heavy atom. The summed E-state index contributed by atoms with van der Waals surface area (Å²) in [6.45, 7) is 1.92. The quantitative estimate of drug-likeness (QED) is 0.590. The summed E-state index contributed by atoms with van der Waals surface area (Å²) >= 11 is 7.30. The first-order valence-corrected chi connectivity index (χ1v) is 4.20. The summed E-state index contributed by atoms with van der Waals surface area (Å²) < 4.78 is 0.867. The van der Waals surface area contributed by atoms with E-state index in [1.807, 2.05) is 6.92 Å². The lowest BCUT2D eigenvalue weighted by Gasteiger charge is -1.86. The number of thiazole rings is 1. The van der Waals surface area contributed by atoms with E-state index in [0.29, 0.717) is 10.8 Å². The van der Waals surface area contributed by atoms with Gasteiger partial charge in [-0.15, -0.1) is 11.3 Å². The molecule has 0 bridgehead atoms. The molecule has 0 unspecified atom stereocenters. The molecule has 11 heavy (non-hydrogen) atoms. The van der Waals surface area contributed by atoms with Gasteiger partial charge in [0.1, 0.15) is 11.0 Å². The molecule has 0 saturated carbocycles. The van der Waals surface area contributed by atoms with E-state index in [1.54, 1.807) is 0 Å². The van der Waals surface area contributed by atoms with E-state index in [1.165, 1.54) is 17.7 Å². The molecular weight excluding hydrogens is 182 g/mol. The maximum absolute atomic E-state index is 5.79. The predicted molar refractivity (Wildman–Crippen MR) is 45.0 cm³/mol. The molecule has 2 aromatic rings. The smallest absolute Gasteiger partial charge is 0.175 e. The van der Waals surface area contributed by atoms with E-state index in [2.05, 4.69) is 15.0 Å². The fraction of sp³-hybridized carbons (Fsp3) is 0.167. The van der Waals surface area contributed by atoms with E-state index in [9.17, 15) is 0 Å². The number of aryl methyl sites for hydroxylation is 1. The van der Waals surface area contributed by atoms with Crippen molar-refractivity contribution in [1.82, 2.24) is 15.0 Å². The third-order valence-electron chi connectivity index (χ3n) is 1.25. The van der Waals surface area contributed by atoms with Gasteiger partial charge in [0, 0.05) is 0 Å². The molecule has 2 heterocycles. The average molecular weight is 186 g/mol. The molecule has 5 heteroatoms. The highest BCUT2D eigenvalue weighted by Crippen LogP contribution is 2.24. The number of nitrogens with zero attached hydrogens (tertiary/aromatic N) is 3. The molecule has 0 aliphatic heterocycles. The summed E-state index contributed by atoms with van der Waals surface area (Å²) in [6.07, 6.45) is 1.42. The SMILES string of the molecule is Cc1nc2ncnc(Cl)c2s1. The van der Waals surface area contributed by atoms with Gasteiger partial charge in [0.05, 0.1) is 5.01 Å². The van der Waals surface area contributed by atoms with Crippen LogP contribution in [0.3, 0.4) is 0 Å². The summed E-state index contributed by atoms with van der Waals surface area (Å²) in [7, 11) is 0. The number of hydrogen-bond acceptors (Lipinski definition) is 4. The van der Waals surface area contributed by atoms with Gasteiger partial charge in [0.15, 0.2) is 10.8 Å². The zero-order chi connectivity index (χ0) is 7.84. The van der Waals surface area contributed by atoms with Crippen molar-refractivity contribution < 1.29 is 0 Å². The summed E-state index contributed by atoms with van der Waals surface area (Å²) in [5.74, 6) is 0. The molecule has 0 aliphatic rings. The Balaban J connectivity index is 2.90. The number of hydrogen-bond donors (Lipinski definition) is 0. The van der Waals surface area contributed by atoms with Crippen LogP contribution in [0.5, 0.6) is 0 Å². The summed E-state index contributed by atoms with van der Waals surface area (Å²) in [5.41, 5.74) is 0.688. The van der Waals surface area contributed by atoms with E-state index in [0.717, 1.165) is 9.71 Å². The van der Waals surface area contributed by atoms with Gasteiger partial charge >= 0.3 is 0 Å². The van der Waals surface area contributed by atoms with Crippen molar-refractivity contribution in [3.8, 4) is 0 Å². The second-order valence-corrected chi connectivity index (χ2v) is 3.61. The average Bonchev–Trinajstić information content (AvgIpc) is 2.31. The van der Waals surface area contributed by atoms with Crippen LogP contribution in [0.15, 0.2) is 6.33 Å². The third kappa shape index (κ3) is 1.08. The molecule has 0 aromatic carbocycles. The lowest BCUT2D eigenvalue weighted by atomic mass is 10.6. The normalized spacial score (nSPS) is 10.7. The van der Waals surface area contributed by atoms with Crippen molar-refractivity contribution in [3.63, 3.8) is 0 Å². The van der Waals surface area contributed by atoms with Gasteiger partial charge in [0.2, 0.25) is 0 Å². The topological polar surface area (TPSA) is 38.7 Å². The minimum absolute atomic E-state index is 0.487. The van der Waals surface area contributed by atoms with Gasteiger partial charge in [-0.05, 0) is 6.92 Å². The Labute approximate surface area is 72.1 Å². The number of halogens is 1. The van der Waals surface area contributed by atoms with Gasteiger partial charge in [-0.25, -0.2) is 15.0 Å². The molecule has 2 rings (SSSR count). The molecule has 2 aromatic heterocycles. The monoisotopic (exact) mass is 185 g/mol. The Morgan fingerprint density at radius 1 is 1.45 bits per heavy atom. The van der Waals surface area contributed by atoms with Crippen LogP contribution in [0.25, 0.3) is 10.3 Å². The molecule has 0 saturated heterocycles. The number of aromatic nitrogens is 3. The molecular formula is C6H4ClN3S.